The largest absolute Gasteiger partial charge is 0.493 e. The molecular weight excluding hydrogens is 419 g/mol. The Labute approximate surface area is 184 Å². The molecule has 1 aliphatic heterocycles. The minimum absolute atomic E-state index is 0.0891. The van der Waals surface area contributed by atoms with Gasteiger partial charge in [-0.25, -0.2) is 9.37 Å². The Kier molecular flexibility index (Phi) is 6.79. The standard InChI is InChI=1S/C23H23FN2O4S/c1-28-21-11-16(7-8-20(21)30-13-15-4-2-5-17(24)10-15)23-26-19(14-31-23)22(27)25-12-18-6-3-9-29-18/h2,4-5,7-8,10-11,14,18H,3,6,9,12-13H2,1H3,(H,25,27)/t18-/m1/s1. The molecule has 31 heavy (non-hydrogen) atoms. The molecule has 0 radical (unpaired) electrons. The third-order valence-electron chi connectivity index (χ3n) is 4.95. The zero-order valence-corrected chi connectivity index (χ0v) is 17.9. The summed E-state index contributed by atoms with van der Waals surface area (Å²) < 4.78 is 30.1. The molecular formula is C23H23FN2O4S. The molecule has 8 heteroatoms. The number of thiazole rings is 1. The average molecular weight is 443 g/mol. The van der Waals surface area contributed by atoms with E-state index < -0.39 is 0 Å². The number of amides is 1. The lowest BCUT2D eigenvalue weighted by Gasteiger charge is -2.12. The molecule has 2 heterocycles. The molecule has 6 nitrogen and oxygen atoms in total. The van der Waals surface area contributed by atoms with Crippen LogP contribution in [0.3, 0.4) is 0 Å². The number of nitrogens with one attached hydrogen (secondary N) is 1. The number of nitrogens with zero attached hydrogens (tertiary/aromatic N) is 1. The van der Waals surface area contributed by atoms with E-state index >= 15 is 0 Å². The van der Waals surface area contributed by atoms with Gasteiger partial charge in [0.1, 0.15) is 23.1 Å². The monoisotopic (exact) mass is 442 g/mol. The Hall–Kier alpha value is -2.97. The minimum atomic E-state index is -0.303. The highest BCUT2D eigenvalue weighted by Crippen LogP contribution is 2.34. The fourth-order valence-electron chi connectivity index (χ4n) is 3.32. The lowest BCUT2D eigenvalue weighted by molar-refractivity contribution is 0.0854. The van der Waals surface area contributed by atoms with Crippen molar-refractivity contribution in [2.75, 3.05) is 20.3 Å². The summed E-state index contributed by atoms with van der Waals surface area (Å²) in [6, 6.07) is 11.7. The number of halogens is 1. The summed E-state index contributed by atoms with van der Waals surface area (Å²) >= 11 is 1.38. The maximum Gasteiger partial charge on any atom is 0.270 e. The van der Waals surface area contributed by atoms with Crippen molar-refractivity contribution in [1.29, 1.82) is 0 Å². The third-order valence-corrected chi connectivity index (χ3v) is 5.84. The number of methoxy groups -OCH3 is 1. The van der Waals surface area contributed by atoms with Gasteiger partial charge in [0, 0.05) is 24.1 Å². The Morgan fingerprint density at radius 1 is 1.29 bits per heavy atom. The molecule has 1 atom stereocenters. The molecule has 3 aromatic rings. The van der Waals surface area contributed by atoms with E-state index in [1.165, 1.54) is 23.5 Å². The van der Waals surface area contributed by atoms with E-state index in [-0.39, 0.29) is 24.4 Å². The van der Waals surface area contributed by atoms with E-state index in [1.807, 2.05) is 12.1 Å². The minimum Gasteiger partial charge on any atom is -0.493 e. The van der Waals surface area contributed by atoms with Crippen LogP contribution in [0, 0.1) is 5.82 Å². The summed E-state index contributed by atoms with van der Waals surface area (Å²) in [7, 11) is 1.56. The van der Waals surface area contributed by atoms with Gasteiger partial charge in [0.05, 0.1) is 13.2 Å². The Morgan fingerprint density at radius 2 is 2.19 bits per heavy atom. The highest BCUT2D eigenvalue weighted by Gasteiger charge is 2.18. The number of hydrogen-bond donors (Lipinski definition) is 1. The molecule has 1 fully saturated rings. The predicted octanol–water partition coefficient (Wildman–Crippen LogP) is 4.45. The molecule has 162 valence electrons. The smallest absolute Gasteiger partial charge is 0.270 e. The molecule has 1 aliphatic rings. The first-order chi connectivity index (χ1) is 15.1. The van der Waals surface area contributed by atoms with E-state index in [0.29, 0.717) is 28.7 Å². The van der Waals surface area contributed by atoms with Gasteiger partial charge in [0.15, 0.2) is 11.5 Å². The van der Waals surface area contributed by atoms with Gasteiger partial charge < -0.3 is 19.5 Å². The van der Waals surface area contributed by atoms with Crippen LogP contribution in [-0.2, 0) is 11.3 Å². The predicted molar refractivity (Wildman–Crippen MR) is 116 cm³/mol. The van der Waals surface area contributed by atoms with Crippen LogP contribution in [-0.4, -0.2) is 37.3 Å². The van der Waals surface area contributed by atoms with Crippen molar-refractivity contribution in [3.8, 4) is 22.1 Å². The maximum absolute atomic E-state index is 13.3. The average Bonchev–Trinajstić information content (AvgIpc) is 3.48. The first-order valence-electron chi connectivity index (χ1n) is 10.0. The van der Waals surface area contributed by atoms with E-state index in [4.69, 9.17) is 14.2 Å². The van der Waals surface area contributed by atoms with Gasteiger partial charge in [-0.2, -0.15) is 0 Å². The van der Waals surface area contributed by atoms with Crippen molar-refractivity contribution < 1.29 is 23.4 Å². The number of hydrogen-bond acceptors (Lipinski definition) is 6. The van der Waals surface area contributed by atoms with Crippen LogP contribution in [0.5, 0.6) is 11.5 Å². The SMILES string of the molecule is COc1cc(-c2nc(C(=O)NC[C@H]3CCCO3)cs2)ccc1OCc1cccc(F)c1. The third kappa shape index (κ3) is 5.39. The molecule has 0 spiro atoms. The van der Waals surface area contributed by atoms with Crippen molar-refractivity contribution in [2.24, 2.45) is 0 Å². The Morgan fingerprint density at radius 3 is 2.97 bits per heavy atom. The summed E-state index contributed by atoms with van der Waals surface area (Å²) in [5.74, 6) is 0.567. The van der Waals surface area contributed by atoms with E-state index in [2.05, 4.69) is 10.3 Å². The summed E-state index contributed by atoms with van der Waals surface area (Å²) in [6.45, 7) is 1.47. The van der Waals surface area contributed by atoms with Gasteiger partial charge in [-0.3, -0.25) is 4.79 Å². The fourth-order valence-corrected chi connectivity index (χ4v) is 4.12. The summed E-state index contributed by atoms with van der Waals surface area (Å²) in [5, 5.41) is 5.33. The molecule has 0 bridgehead atoms. The second kappa shape index (κ2) is 9.89. The number of ether oxygens (including phenoxy) is 3. The lowest BCUT2D eigenvalue weighted by Crippen LogP contribution is -2.31. The van der Waals surface area contributed by atoms with Gasteiger partial charge in [-0.1, -0.05) is 12.1 Å². The van der Waals surface area contributed by atoms with Crippen LogP contribution in [0.15, 0.2) is 47.8 Å². The van der Waals surface area contributed by atoms with Crippen molar-refractivity contribution in [3.63, 3.8) is 0 Å². The molecule has 2 aromatic carbocycles. The number of aromatic nitrogens is 1. The van der Waals surface area contributed by atoms with E-state index in [1.54, 1.807) is 30.7 Å². The first kappa shape index (κ1) is 21.3. The van der Waals surface area contributed by atoms with Gasteiger partial charge in [-0.05, 0) is 48.7 Å². The maximum atomic E-state index is 13.3. The number of rotatable bonds is 8. The number of benzene rings is 2. The van der Waals surface area contributed by atoms with E-state index in [0.717, 1.165) is 30.6 Å². The molecule has 1 saturated heterocycles. The van der Waals surface area contributed by atoms with Gasteiger partial charge in [0.25, 0.3) is 5.91 Å². The summed E-state index contributed by atoms with van der Waals surface area (Å²) in [6.07, 6.45) is 2.09. The van der Waals surface area contributed by atoms with Crippen LogP contribution in [0.25, 0.3) is 10.6 Å². The second-order valence-electron chi connectivity index (χ2n) is 7.17. The second-order valence-corrected chi connectivity index (χ2v) is 8.03. The van der Waals surface area contributed by atoms with Crippen molar-refractivity contribution in [2.45, 2.75) is 25.6 Å². The highest BCUT2D eigenvalue weighted by atomic mass is 32.1. The summed E-state index contributed by atoms with van der Waals surface area (Å²) in [5.41, 5.74) is 1.92. The molecule has 1 N–H and O–H groups in total. The number of carbonyl (C=O) groups excluding carboxylic acids is 1. The van der Waals surface area contributed by atoms with Crippen LogP contribution in [0.4, 0.5) is 4.39 Å². The molecule has 0 unspecified atom stereocenters. The first-order valence-corrected chi connectivity index (χ1v) is 10.9. The molecule has 0 aliphatic carbocycles. The summed E-state index contributed by atoms with van der Waals surface area (Å²) in [4.78, 5) is 16.8. The Balaban J connectivity index is 1.41. The van der Waals surface area contributed by atoms with Gasteiger partial charge >= 0.3 is 0 Å². The van der Waals surface area contributed by atoms with Crippen molar-refractivity contribution in [1.82, 2.24) is 10.3 Å². The topological polar surface area (TPSA) is 69.7 Å². The molecule has 1 aromatic heterocycles. The van der Waals surface area contributed by atoms with Crippen LogP contribution >= 0.6 is 11.3 Å². The van der Waals surface area contributed by atoms with Crippen LogP contribution < -0.4 is 14.8 Å². The Bertz CT molecular complexity index is 1050. The molecule has 1 amide bonds. The zero-order valence-electron chi connectivity index (χ0n) is 17.1. The van der Waals surface area contributed by atoms with Crippen LogP contribution in [0.1, 0.15) is 28.9 Å². The molecule has 4 rings (SSSR count). The van der Waals surface area contributed by atoms with E-state index in [9.17, 15) is 9.18 Å². The fraction of sp³-hybridized carbons (Fsp3) is 0.304. The normalized spacial score (nSPS) is 15.6. The highest BCUT2D eigenvalue weighted by molar-refractivity contribution is 7.13. The van der Waals surface area contributed by atoms with Gasteiger partial charge in [0.2, 0.25) is 0 Å². The van der Waals surface area contributed by atoms with Crippen molar-refractivity contribution in [3.05, 3.63) is 64.9 Å². The van der Waals surface area contributed by atoms with Gasteiger partial charge in [-0.15, -0.1) is 11.3 Å². The van der Waals surface area contributed by atoms with Crippen molar-refractivity contribution >= 4 is 17.2 Å². The van der Waals surface area contributed by atoms with Crippen LogP contribution in [0.2, 0.25) is 0 Å². The number of carbonyl (C=O) groups is 1. The zero-order chi connectivity index (χ0) is 21.6. The molecule has 0 saturated carbocycles. The lowest BCUT2D eigenvalue weighted by atomic mass is 10.2. The quantitative estimate of drug-likeness (QED) is 0.558.